The Bertz CT molecular complexity index is 1000. The van der Waals surface area contributed by atoms with Crippen molar-refractivity contribution in [3.05, 3.63) is 42.0 Å². The summed E-state index contributed by atoms with van der Waals surface area (Å²) in [6.45, 7) is 1.79. The van der Waals surface area contributed by atoms with Gasteiger partial charge in [-0.05, 0) is 24.3 Å². The van der Waals surface area contributed by atoms with Crippen molar-refractivity contribution in [1.82, 2.24) is 4.90 Å². The highest BCUT2D eigenvalue weighted by Crippen LogP contribution is 2.29. The lowest BCUT2D eigenvalue weighted by Crippen LogP contribution is -2.43. The van der Waals surface area contributed by atoms with E-state index in [4.69, 9.17) is 4.74 Å². The zero-order valence-corrected chi connectivity index (χ0v) is 16.4. The van der Waals surface area contributed by atoms with E-state index in [0.717, 1.165) is 5.39 Å². The van der Waals surface area contributed by atoms with E-state index in [9.17, 15) is 23.1 Å². The Morgan fingerprint density at radius 3 is 2.64 bits per heavy atom. The third kappa shape index (κ3) is 4.27. The molecule has 0 saturated carbocycles. The highest BCUT2D eigenvalue weighted by molar-refractivity contribution is 7.91. The van der Waals surface area contributed by atoms with Gasteiger partial charge in [0, 0.05) is 18.0 Å². The van der Waals surface area contributed by atoms with E-state index in [1.54, 1.807) is 18.2 Å². The Morgan fingerprint density at radius 1 is 1.21 bits per heavy atom. The van der Waals surface area contributed by atoms with E-state index in [0.29, 0.717) is 24.8 Å². The van der Waals surface area contributed by atoms with Crippen molar-refractivity contribution in [3.63, 3.8) is 0 Å². The quantitative estimate of drug-likeness (QED) is 0.739. The third-order valence-corrected chi connectivity index (χ3v) is 6.63. The van der Waals surface area contributed by atoms with Crippen molar-refractivity contribution in [2.75, 3.05) is 24.7 Å². The van der Waals surface area contributed by atoms with Crippen molar-refractivity contribution in [1.29, 1.82) is 0 Å². The van der Waals surface area contributed by atoms with Crippen molar-refractivity contribution >= 4 is 32.5 Å². The fourth-order valence-electron chi connectivity index (χ4n) is 3.48. The minimum absolute atomic E-state index is 0.0167. The maximum absolute atomic E-state index is 12.6. The van der Waals surface area contributed by atoms with E-state index in [1.807, 2.05) is 19.1 Å². The van der Waals surface area contributed by atoms with Gasteiger partial charge in [-0.1, -0.05) is 37.3 Å². The van der Waals surface area contributed by atoms with Gasteiger partial charge in [0.15, 0.2) is 16.4 Å². The number of hydrogen-bond donors (Lipinski definition) is 1. The lowest BCUT2D eigenvalue weighted by molar-refractivity contribution is -0.136. The van der Waals surface area contributed by atoms with Crippen LogP contribution >= 0.6 is 0 Å². The monoisotopic (exact) mass is 405 g/mol. The van der Waals surface area contributed by atoms with Crippen LogP contribution < -0.4 is 0 Å². The molecule has 1 heterocycles. The number of rotatable bonds is 6. The fourth-order valence-corrected chi connectivity index (χ4v) is 5.21. The van der Waals surface area contributed by atoms with Crippen molar-refractivity contribution in [2.24, 2.45) is 0 Å². The van der Waals surface area contributed by atoms with Gasteiger partial charge in [-0.2, -0.15) is 0 Å². The number of esters is 1. The van der Waals surface area contributed by atoms with Crippen LogP contribution in [0.15, 0.2) is 36.4 Å². The Labute approximate surface area is 163 Å². The summed E-state index contributed by atoms with van der Waals surface area (Å²) in [6.07, 6.45) is 1.06. The van der Waals surface area contributed by atoms with Gasteiger partial charge in [0.2, 0.25) is 0 Å². The minimum atomic E-state index is -3.13. The summed E-state index contributed by atoms with van der Waals surface area (Å²) in [4.78, 5) is 26.4. The summed E-state index contributed by atoms with van der Waals surface area (Å²) in [5, 5.41) is 11.6. The van der Waals surface area contributed by atoms with Gasteiger partial charge in [0.1, 0.15) is 11.3 Å². The smallest absolute Gasteiger partial charge is 0.342 e. The van der Waals surface area contributed by atoms with Crippen LogP contribution in [0.2, 0.25) is 0 Å². The molecule has 1 saturated heterocycles. The Morgan fingerprint density at radius 2 is 1.96 bits per heavy atom. The van der Waals surface area contributed by atoms with E-state index in [2.05, 4.69) is 0 Å². The van der Waals surface area contributed by atoms with E-state index in [-0.39, 0.29) is 28.9 Å². The third-order valence-electron chi connectivity index (χ3n) is 4.88. The molecular weight excluding hydrogens is 382 g/mol. The number of sulfone groups is 1. The summed E-state index contributed by atoms with van der Waals surface area (Å²) in [6, 6.07) is 9.84. The van der Waals surface area contributed by atoms with Crippen LogP contribution in [-0.2, 0) is 19.4 Å². The number of aromatic hydroxyl groups is 1. The van der Waals surface area contributed by atoms with Gasteiger partial charge in [0.05, 0.1) is 11.5 Å². The molecule has 0 radical (unpaired) electrons. The minimum Gasteiger partial charge on any atom is -0.506 e. The molecule has 2 aromatic rings. The van der Waals surface area contributed by atoms with Gasteiger partial charge >= 0.3 is 5.97 Å². The molecule has 1 fully saturated rings. The molecule has 0 bridgehead atoms. The zero-order chi connectivity index (χ0) is 20.3. The standard InChI is InChI=1S/C20H23NO6S/c1-2-10-21(15-9-11-28(25,26)13-15)18(22)12-27-20(24)17-8-7-14-5-3-4-6-16(14)19(17)23/h3-8,15,23H,2,9-13H2,1H3/t15-/m1/s1. The molecular formula is C20H23NO6S. The van der Waals surface area contributed by atoms with Crippen LogP contribution in [0.1, 0.15) is 30.1 Å². The van der Waals surface area contributed by atoms with Gasteiger partial charge in [-0.3, -0.25) is 4.79 Å². The maximum Gasteiger partial charge on any atom is 0.342 e. The van der Waals surface area contributed by atoms with Crippen LogP contribution in [0.4, 0.5) is 0 Å². The predicted molar refractivity (Wildman–Crippen MR) is 105 cm³/mol. The van der Waals surface area contributed by atoms with Crippen LogP contribution in [0.25, 0.3) is 10.8 Å². The first-order valence-corrected chi connectivity index (χ1v) is 11.0. The fraction of sp³-hybridized carbons (Fsp3) is 0.400. The average Bonchev–Trinajstić information content (AvgIpc) is 3.03. The van der Waals surface area contributed by atoms with Gasteiger partial charge in [0.25, 0.3) is 5.91 Å². The van der Waals surface area contributed by atoms with Crippen LogP contribution in [0, 0.1) is 0 Å². The lowest BCUT2D eigenvalue weighted by Gasteiger charge is -2.27. The molecule has 28 heavy (non-hydrogen) atoms. The number of benzene rings is 2. The van der Waals surface area contributed by atoms with Crippen LogP contribution in [0.5, 0.6) is 5.75 Å². The van der Waals surface area contributed by atoms with Crippen LogP contribution in [-0.4, -0.2) is 61.0 Å². The molecule has 0 aromatic heterocycles. The zero-order valence-electron chi connectivity index (χ0n) is 15.6. The molecule has 2 aromatic carbocycles. The van der Waals surface area contributed by atoms with Gasteiger partial charge in [-0.25, -0.2) is 13.2 Å². The number of fused-ring (bicyclic) bond motifs is 1. The molecule has 1 aliphatic rings. The van der Waals surface area contributed by atoms with Gasteiger partial charge in [-0.15, -0.1) is 0 Å². The molecule has 3 rings (SSSR count). The van der Waals surface area contributed by atoms with E-state index >= 15 is 0 Å². The maximum atomic E-state index is 12.6. The topological polar surface area (TPSA) is 101 Å². The first-order valence-electron chi connectivity index (χ1n) is 9.20. The summed E-state index contributed by atoms with van der Waals surface area (Å²) in [5.74, 6) is -1.42. The molecule has 0 spiro atoms. The Balaban J connectivity index is 1.69. The number of amides is 1. The van der Waals surface area contributed by atoms with Crippen molar-refractivity contribution in [2.45, 2.75) is 25.8 Å². The molecule has 1 atom stereocenters. The average molecular weight is 405 g/mol. The number of carbonyl (C=O) groups is 2. The predicted octanol–water partition coefficient (Wildman–Crippen LogP) is 2.13. The van der Waals surface area contributed by atoms with Crippen LogP contribution in [0.3, 0.4) is 0 Å². The second-order valence-corrected chi connectivity index (χ2v) is 9.13. The van der Waals surface area contributed by atoms with Crippen molar-refractivity contribution in [3.8, 4) is 5.75 Å². The SMILES string of the molecule is CCCN(C(=O)COC(=O)c1ccc2ccccc2c1O)[C@@H]1CCS(=O)(=O)C1. The summed E-state index contributed by atoms with van der Waals surface area (Å²) >= 11 is 0. The van der Waals surface area contributed by atoms with Crippen molar-refractivity contribution < 1.29 is 27.9 Å². The lowest BCUT2D eigenvalue weighted by atomic mass is 10.1. The number of carbonyl (C=O) groups excluding carboxylic acids is 2. The number of hydrogen-bond acceptors (Lipinski definition) is 6. The first-order chi connectivity index (χ1) is 13.3. The molecule has 0 unspecified atom stereocenters. The normalized spacial score (nSPS) is 18.1. The van der Waals surface area contributed by atoms with E-state index < -0.39 is 28.3 Å². The largest absolute Gasteiger partial charge is 0.506 e. The highest BCUT2D eigenvalue weighted by Gasteiger charge is 2.34. The molecule has 1 N–H and O–H groups in total. The number of phenols is 1. The number of ether oxygens (including phenoxy) is 1. The molecule has 1 amide bonds. The summed E-state index contributed by atoms with van der Waals surface area (Å²) < 4.78 is 28.6. The van der Waals surface area contributed by atoms with Gasteiger partial charge < -0.3 is 14.7 Å². The molecule has 8 heteroatoms. The summed E-state index contributed by atoms with van der Waals surface area (Å²) in [7, 11) is -3.13. The Hall–Kier alpha value is -2.61. The second kappa shape index (κ2) is 8.18. The number of phenolic OH excluding ortho intramolecular Hbond substituents is 1. The molecule has 0 aliphatic carbocycles. The Kier molecular flexibility index (Phi) is 5.88. The second-order valence-electron chi connectivity index (χ2n) is 6.90. The molecule has 150 valence electrons. The first kappa shape index (κ1) is 20.1. The molecule has 7 nitrogen and oxygen atoms in total. The highest BCUT2D eigenvalue weighted by atomic mass is 32.2. The summed E-state index contributed by atoms with van der Waals surface area (Å²) in [5.41, 5.74) is -0.0167. The van der Waals surface area contributed by atoms with E-state index in [1.165, 1.54) is 11.0 Å². The number of nitrogens with zero attached hydrogens (tertiary/aromatic N) is 1. The molecule has 1 aliphatic heterocycles.